The Morgan fingerprint density at radius 3 is 2.12 bits per heavy atom. The van der Waals surface area contributed by atoms with Gasteiger partial charge in [0.05, 0.1) is 0 Å². The number of rotatable bonds is 2. The lowest BCUT2D eigenvalue weighted by atomic mass is 10.5. The van der Waals surface area contributed by atoms with Crippen molar-refractivity contribution in [3.8, 4) is 0 Å². The van der Waals surface area contributed by atoms with Crippen LogP contribution in [-0.2, 0) is 0 Å². The second-order valence-electron chi connectivity index (χ2n) is 0.936. The monoisotopic (exact) mass is 132 g/mol. The van der Waals surface area contributed by atoms with E-state index in [1.54, 1.807) is 18.2 Å². The zero-order chi connectivity index (χ0) is 5.54. The van der Waals surface area contributed by atoms with Crippen molar-refractivity contribution in [2.24, 2.45) is 5.73 Å². The summed E-state index contributed by atoms with van der Waals surface area (Å²) < 4.78 is 0. The molecule has 0 aliphatic rings. The van der Waals surface area contributed by atoms with Crippen molar-refractivity contribution < 1.29 is 0 Å². The largest absolute Gasteiger partial charge is 0.405 e. The Balaban J connectivity index is 0. The number of nitrogens with two attached hydrogens (primary N) is 1. The maximum Gasteiger partial charge on any atom is 0.0177 e. The fraction of sp³-hybridized carbons (Fsp3) is 0. The molecule has 0 unspecified atom stereocenters. The molecule has 46 valence electrons. The Bertz CT molecular complexity index is 96.6. The van der Waals surface area contributed by atoms with E-state index in [1.807, 2.05) is 0 Å². The van der Waals surface area contributed by atoms with Crippen molar-refractivity contribution in [2.75, 3.05) is 0 Å². The average Bonchev–Trinajstić information content (AvgIpc) is 1.69. The first-order chi connectivity index (χ1) is 3.41. The molecule has 0 fully saturated rings. The summed E-state index contributed by atoms with van der Waals surface area (Å²) in [5.41, 5.74) is 4.96. The lowest BCUT2D eigenvalue weighted by Gasteiger charge is -1.65. The van der Waals surface area contributed by atoms with Crippen LogP contribution in [0.25, 0.3) is 0 Å². The number of hydrogen-bond donors (Lipinski definition) is 2. The molecule has 0 radical (unpaired) electrons. The molecular formula is C5H9ClN2. The van der Waals surface area contributed by atoms with Crippen LogP contribution in [0.3, 0.4) is 0 Å². The standard InChI is InChI=1S/C5H8N2.ClH/c6-4-2-1-3-5-7;/h1-6H,7H2;1H/b2-1+,5-3+,6-4?;. The molecule has 0 bridgehead atoms. The fourth-order valence-electron chi connectivity index (χ4n) is 0.184. The number of halogens is 1. The smallest absolute Gasteiger partial charge is 0.0177 e. The van der Waals surface area contributed by atoms with Gasteiger partial charge in [-0.1, -0.05) is 6.08 Å². The third-order valence-corrected chi connectivity index (χ3v) is 0.430. The van der Waals surface area contributed by atoms with Gasteiger partial charge in [0.25, 0.3) is 0 Å². The molecule has 0 aromatic heterocycles. The van der Waals surface area contributed by atoms with E-state index >= 15 is 0 Å². The van der Waals surface area contributed by atoms with Crippen LogP contribution in [-0.4, -0.2) is 6.21 Å². The molecule has 0 amide bonds. The van der Waals surface area contributed by atoms with Crippen LogP contribution < -0.4 is 5.73 Å². The molecule has 0 rings (SSSR count). The summed E-state index contributed by atoms with van der Waals surface area (Å²) in [5.74, 6) is 0. The van der Waals surface area contributed by atoms with Crippen molar-refractivity contribution in [1.82, 2.24) is 0 Å². The maximum atomic E-state index is 6.49. The first kappa shape index (κ1) is 10.3. The normalized spacial score (nSPS) is 9.50. The minimum absolute atomic E-state index is 0. The van der Waals surface area contributed by atoms with Crippen molar-refractivity contribution in [3.63, 3.8) is 0 Å². The Hall–Kier alpha value is -0.760. The topological polar surface area (TPSA) is 49.9 Å². The highest BCUT2D eigenvalue weighted by Gasteiger charge is 1.53. The summed E-state index contributed by atoms with van der Waals surface area (Å²) >= 11 is 0. The lowest BCUT2D eigenvalue weighted by Crippen LogP contribution is -1.72. The molecule has 0 aromatic carbocycles. The van der Waals surface area contributed by atoms with Gasteiger partial charge in [-0.2, -0.15) is 0 Å². The lowest BCUT2D eigenvalue weighted by molar-refractivity contribution is 1.57. The Kier molecular flexibility index (Phi) is 12.2. The first-order valence-corrected chi connectivity index (χ1v) is 1.96. The summed E-state index contributed by atoms with van der Waals surface area (Å²) in [6, 6.07) is 0. The molecular weight excluding hydrogens is 124 g/mol. The van der Waals surface area contributed by atoms with Crippen LogP contribution in [0.2, 0.25) is 0 Å². The van der Waals surface area contributed by atoms with E-state index in [0.717, 1.165) is 0 Å². The van der Waals surface area contributed by atoms with Crippen LogP contribution >= 0.6 is 12.4 Å². The van der Waals surface area contributed by atoms with E-state index in [0.29, 0.717) is 0 Å². The molecule has 3 N–H and O–H groups in total. The molecule has 0 spiro atoms. The molecule has 8 heavy (non-hydrogen) atoms. The van der Waals surface area contributed by atoms with Crippen molar-refractivity contribution in [2.45, 2.75) is 0 Å². The zero-order valence-corrected chi connectivity index (χ0v) is 5.19. The number of allylic oxidation sites excluding steroid dienone is 3. The third kappa shape index (κ3) is 8.97. The fourth-order valence-corrected chi connectivity index (χ4v) is 0.184. The van der Waals surface area contributed by atoms with Gasteiger partial charge in [-0.25, -0.2) is 0 Å². The van der Waals surface area contributed by atoms with Gasteiger partial charge in [0.1, 0.15) is 0 Å². The summed E-state index contributed by atoms with van der Waals surface area (Å²) in [4.78, 5) is 0. The minimum atomic E-state index is 0. The SMILES string of the molecule is Cl.N=C/C=C/C=C/N. The van der Waals surface area contributed by atoms with Gasteiger partial charge in [-0.3, -0.25) is 0 Å². The van der Waals surface area contributed by atoms with Crippen molar-refractivity contribution >= 4 is 18.6 Å². The summed E-state index contributed by atoms with van der Waals surface area (Å²) in [6.45, 7) is 0. The predicted molar refractivity (Wildman–Crippen MR) is 38.5 cm³/mol. The van der Waals surface area contributed by atoms with Gasteiger partial charge < -0.3 is 11.1 Å². The van der Waals surface area contributed by atoms with Crippen LogP contribution in [0.5, 0.6) is 0 Å². The van der Waals surface area contributed by atoms with Crippen LogP contribution in [0, 0.1) is 5.41 Å². The second kappa shape index (κ2) is 9.53. The quantitative estimate of drug-likeness (QED) is 0.429. The van der Waals surface area contributed by atoms with Crippen molar-refractivity contribution in [3.05, 3.63) is 24.4 Å². The minimum Gasteiger partial charge on any atom is -0.405 e. The molecule has 0 atom stereocenters. The zero-order valence-electron chi connectivity index (χ0n) is 4.37. The Morgan fingerprint density at radius 1 is 1.12 bits per heavy atom. The van der Waals surface area contributed by atoms with E-state index in [4.69, 9.17) is 11.1 Å². The molecule has 0 aromatic rings. The maximum absolute atomic E-state index is 6.49. The summed E-state index contributed by atoms with van der Waals surface area (Å²) in [7, 11) is 0. The van der Waals surface area contributed by atoms with Gasteiger partial charge >= 0.3 is 0 Å². The summed E-state index contributed by atoms with van der Waals surface area (Å²) in [5, 5.41) is 6.49. The van der Waals surface area contributed by atoms with Gasteiger partial charge in [0, 0.05) is 6.21 Å². The predicted octanol–water partition coefficient (Wildman–Crippen LogP) is 1.09. The Morgan fingerprint density at radius 2 is 1.75 bits per heavy atom. The molecule has 0 aliphatic carbocycles. The van der Waals surface area contributed by atoms with Crippen LogP contribution in [0.1, 0.15) is 0 Å². The van der Waals surface area contributed by atoms with Gasteiger partial charge in [-0.05, 0) is 18.4 Å². The number of nitrogens with one attached hydrogen (secondary N) is 1. The molecule has 0 saturated carbocycles. The molecule has 3 heteroatoms. The van der Waals surface area contributed by atoms with E-state index in [-0.39, 0.29) is 12.4 Å². The van der Waals surface area contributed by atoms with Gasteiger partial charge in [-0.15, -0.1) is 12.4 Å². The third-order valence-electron chi connectivity index (χ3n) is 0.430. The Labute approximate surface area is 55.0 Å². The number of hydrogen-bond acceptors (Lipinski definition) is 2. The molecule has 2 nitrogen and oxygen atoms in total. The van der Waals surface area contributed by atoms with Crippen LogP contribution in [0.4, 0.5) is 0 Å². The van der Waals surface area contributed by atoms with E-state index in [1.165, 1.54) is 12.4 Å². The first-order valence-electron chi connectivity index (χ1n) is 1.96. The van der Waals surface area contributed by atoms with Crippen LogP contribution in [0.15, 0.2) is 24.4 Å². The molecule has 0 aliphatic heterocycles. The summed E-state index contributed by atoms with van der Waals surface area (Å²) in [6.07, 6.45) is 7.54. The second-order valence-corrected chi connectivity index (χ2v) is 0.936. The molecule has 0 heterocycles. The van der Waals surface area contributed by atoms with E-state index in [2.05, 4.69) is 0 Å². The van der Waals surface area contributed by atoms with Gasteiger partial charge in [0.15, 0.2) is 0 Å². The van der Waals surface area contributed by atoms with Gasteiger partial charge in [0.2, 0.25) is 0 Å². The van der Waals surface area contributed by atoms with E-state index < -0.39 is 0 Å². The highest BCUT2D eigenvalue weighted by atomic mass is 35.5. The van der Waals surface area contributed by atoms with E-state index in [9.17, 15) is 0 Å². The molecule has 0 saturated heterocycles. The highest BCUT2D eigenvalue weighted by molar-refractivity contribution is 5.85. The van der Waals surface area contributed by atoms with Crippen molar-refractivity contribution in [1.29, 1.82) is 5.41 Å². The average molecular weight is 133 g/mol. The highest BCUT2D eigenvalue weighted by Crippen LogP contribution is 1.66.